The molecule has 0 radical (unpaired) electrons. The Balaban J connectivity index is 2.59. The zero-order chi connectivity index (χ0) is 10.6. The standard InChI is InChI=1S/C10H18N2OS/c1-10(2,4-7-13-3)8-12-6-5-11-9(12)14/h5-6H,4,7-8H2,1-3H3,(H,11,14). The van der Waals surface area contributed by atoms with Crippen molar-refractivity contribution in [2.75, 3.05) is 13.7 Å². The molecule has 0 aliphatic heterocycles. The van der Waals surface area contributed by atoms with Crippen LogP contribution in [0.2, 0.25) is 0 Å². The SMILES string of the molecule is COCCC(C)(C)Cn1cc[nH]c1=S. The van der Waals surface area contributed by atoms with Gasteiger partial charge in [0.25, 0.3) is 0 Å². The van der Waals surface area contributed by atoms with Crippen molar-refractivity contribution < 1.29 is 4.74 Å². The Labute approximate surface area is 90.1 Å². The lowest BCUT2D eigenvalue weighted by atomic mass is 9.90. The van der Waals surface area contributed by atoms with E-state index in [-0.39, 0.29) is 5.41 Å². The molecule has 14 heavy (non-hydrogen) atoms. The predicted octanol–water partition coefficient (Wildman–Crippen LogP) is 2.61. The second-order valence-corrected chi connectivity index (χ2v) is 4.69. The molecule has 0 aliphatic rings. The second-order valence-electron chi connectivity index (χ2n) is 4.30. The number of ether oxygens (including phenoxy) is 1. The number of hydrogen-bond donors (Lipinski definition) is 1. The van der Waals surface area contributed by atoms with Gasteiger partial charge in [-0.25, -0.2) is 0 Å². The van der Waals surface area contributed by atoms with Gasteiger partial charge in [0.15, 0.2) is 4.77 Å². The molecule has 80 valence electrons. The van der Waals surface area contributed by atoms with E-state index in [1.165, 1.54) is 0 Å². The minimum atomic E-state index is 0.219. The van der Waals surface area contributed by atoms with Gasteiger partial charge in [0, 0.05) is 32.7 Å². The van der Waals surface area contributed by atoms with Gasteiger partial charge >= 0.3 is 0 Å². The summed E-state index contributed by atoms with van der Waals surface area (Å²) in [5.74, 6) is 0. The number of aromatic nitrogens is 2. The number of rotatable bonds is 5. The fourth-order valence-corrected chi connectivity index (χ4v) is 1.59. The van der Waals surface area contributed by atoms with E-state index in [0.29, 0.717) is 0 Å². The summed E-state index contributed by atoms with van der Waals surface area (Å²) >= 11 is 5.14. The second kappa shape index (κ2) is 4.75. The zero-order valence-electron chi connectivity index (χ0n) is 9.04. The molecule has 4 heteroatoms. The van der Waals surface area contributed by atoms with Crippen molar-refractivity contribution in [2.24, 2.45) is 5.41 Å². The van der Waals surface area contributed by atoms with E-state index >= 15 is 0 Å². The molecule has 1 aromatic rings. The van der Waals surface area contributed by atoms with Crippen LogP contribution in [0.1, 0.15) is 20.3 Å². The molecule has 0 atom stereocenters. The molecule has 0 saturated carbocycles. The Morgan fingerprint density at radius 2 is 2.29 bits per heavy atom. The van der Waals surface area contributed by atoms with E-state index in [2.05, 4.69) is 23.4 Å². The van der Waals surface area contributed by atoms with Crippen LogP contribution in [-0.2, 0) is 11.3 Å². The molecule has 1 rings (SSSR count). The van der Waals surface area contributed by atoms with Crippen molar-refractivity contribution >= 4 is 12.2 Å². The molecule has 0 aliphatic carbocycles. The van der Waals surface area contributed by atoms with Gasteiger partial charge in [0.1, 0.15) is 0 Å². The van der Waals surface area contributed by atoms with Crippen molar-refractivity contribution in [3.63, 3.8) is 0 Å². The minimum absolute atomic E-state index is 0.219. The van der Waals surface area contributed by atoms with Crippen LogP contribution < -0.4 is 0 Å². The fourth-order valence-electron chi connectivity index (χ4n) is 1.39. The van der Waals surface area contributed by atoms with Crippen molar-refractivity contribution in [1.82, 2.24) is 9.55 Å². The Morgan fingerprint density at radius 3 is 2.79 bits per heavy atom. The summed E-state index contributed by atoms with van der Waals surface area (Å²) < 4.78 is 7.93. The summed E-state index contributed by atoms with van der Waals surface area (Å²) in [6, 6.07) is 0. The highest BCUT2D eigenvalue weighted by atomic mass is 32.1. The van der Waals surface area contributed by atoms with Crippen LogP contribution >= 0.6 is 12.2 Å². The number of nitrogens with zero attached hydrogens (tertiary/aromatic N) is 1. The summed E-state index contributed by atoms with van der Waals surface area (Å²) in [4.78, 5) is 2.99. The van der Waals surface area contributed by atoms with E-state index in [0.717, 1.165) is 24.3 Å². The van der Waals surface area contributed by atoms with Crippen LogP contribution in [0.25, 0.3) is 0 Å². The van der Waals surface area contributed by atoms with Gasteiger partial charge in [0.2, 0.25) is 0 Å². The Morgan fingerprint density at radius 1 is 1.57 bits per heavy atom. The molecule has 1 heterocycles. The third-order valence-corrected chi connectivity index (χ3v) is 2.66. The van der Waals surface area contributed by atoms with E-state index in [1.54, 1.807) is 7.11 Å². The van der Waals surface area contributed by atoms with Crippen molar-refractivity contribution in [3.8, 4) is 0 Å². The van der Waals surface area contributed by atoms with E-state index in [4.69, 9.17) is 17.0 Å². The van der Waals surface area contributed by atoms with Crippen molar-refractivity contribution in [3.05, 3.63) is 17.2 Å². The maximum Gasteiger partial charge on any atom is 0.177 e. The van der Waals surface area contributed by atoms with Crippen LogP contribution in [0, 0.1) is 10.2 Å². The maximum atomic E-state index is 5.14. The maximum absolute atomic E-state index is 5.14. The first-order valence-corrected chi connectivity index (χ1v) is 5.19. The van der Waals surface area contributed by atoms with Crippen LogP contribution in [-0.4, -0.2) is 23.3 Å². The molecule has 1 N–H and O–H groups in total. The van der Waals surface area contributed by atoms with Crippen LogP contribution in [0.15, 0.2) is 12.4 Å². The molecule has 1 aromatic heterocycles. The molecule has 0 amide bonds. The molecule has 0 bridgehead atoms. The number of hydrogen-bond acceptors (Lipinski definition) is 2. The molecule has 0 fully saturated rings. The smallest absolute Gasteiger partial charge is 0.177 e. The summed E-state index contributed by atoms with van der Waals surface area (Å²) in [6.45, 7) is 6.17. The van der Waals surface area contributed by atoms with Gasteiger partial charge in [-0.15, -0.1) is 0 Å². The summed E-state index contributed by atoms with van der Waals surface area (Å²) in [7, 11) is 1.73. The average Bonchev–Trinajstić information content (AvgIpc) is 2.48. The Hall–Kier alpha value is -0.610. The first-order valence-electron chi connectivity index (χ1n) is 4.78. The highest BCUT2D eigenvalue weighted by molar-refractivity contribution is 7.71. The van der Waals surface area contributed by atoms with Gasteiger partial charge in [-0.05, 0) is 24.1 Å². The van der Waals surface area contributed by atoms with Crippen LogP contribution in [0.3, 0.4) is 0 Å². The van der Waals surface area contributed by atoms with Gasteiger partial charge < -0.3 is 14.3 Å². The molecular weight excluding hydrogens is 196 g/mol. The first kappa shape index (κ1) is 11.5. The van der Waals surface area contributed by atoms with Crippen molar-refractivity contribution in [1.29, 1.82) is 0 Å². The summed E-state index contributed by atoms with van der Waals surface area (Å²) in [5.41, 5.74) is 0.219. The summed E-state index contributed by atoms with van der Waals surface area (Å²) in [5, 5.41) is 0. The van der Waals surface area contributed by atoms with E-state index < -0.39 is 0 Å². The quantitative estimate of drug-likeness (QED) is 0.764. The first-order chi connectivity index (χ1) is 6.55. The topological polar surface area (TPSA) is 29.9 Å². The zero-order valence-corrected chi connectivity index (χ0v) is 9.86. The number of H-pyrrole nitrogens is 1. The molecule has 0 saturated heterocycles. The third-order valence-electron chi connectivity index (χ3n) is 2.30. The van der Waals surface area contributed by atoms with Gasteiger partial charge in [-0.3, -0.25) is 0 Å². The lowest BCUT2D eigenvalue weighted by Crippen LogP contribution is -2.21. The van der Waals surface area contributed by atoms with Gasteiger partial charge in [0.05, 0.1) is 0 Å². The molecule has 0 unspecified atom stereocenters. The highest BCUT2D eigenvalue weighted by Crippen LogP contribution is 2.22. The normalized spacial score (nSPS) is 11.9. The van der Waals surface area contributed by atoms with Crippen LogP contribution in [0.5, 0.6) is 0 Å². The predicted molar refractivity (Wildman–Crippen MR) is 59.9 cm³/mol. The lowest BCUT2D eigenvalue weighted by Gasteiger charge is -2.24. The molecule has 3 nitrogen and oxygen atoms in total. The summed E-state index contributed by atoms with van der Waals surface area (Å²) in [6.07, 6.45) is 4.89. The van der Waals surface area contributed by atoms with E-state index in [9.17, 15) is 0 Å². The number of imidazole rings is 1. The Bertz CT molecular complexity index is 327. The van der Waals surface area contributed by atoms with Crippen molar-refractivity contribution in [2.45, 2.75) is 26.8 Å². The Kier molecular flexibility index (Phi) is 3.89. The molecule has 0 spiro atoms. The fraction of sp³-hybridized carbons (Fsp3) is 0.700. The molecular formula is C10H18N2OS. The van der Waals surface area contributed by atoms with Crippen LogP contribution in [0.4, 0.5) is 0 Å². The lowest BCUT2D eigenvalue weighted by molar-refractivity contribution is 0.142. The minimum Gasteiger partial charge on any atom is -0.385 e. The number of nitrogens with one attached hydrogen (secondary N) is 1. The van der Waals surface area contributed by atoms with Gasteiger partial charge in [-0.2, -0.15) is 0 Å². The van der Waals surface area contributed by atoms with Gasteiger partial charge in [-0.1, -0.05) is 13.8 Å². The molecule has 0 aromatic carbocycles. The third kappa shape index (κ3) is 3.27. The highest BCUT2D eigenvalue weighted by Gasteiger charge is 2.18. The largest absolute Gasteiger partial charge is 0.385 e. The number of methoxy groups -OCH3 is 1. The van der Waals surface area contributed by atoms with E-state index in [1.807, 2.05) is 12.4 Å². The number of aromatic amines is 1. The monoisotopic (exact) mass is 214 g/mol. The average molecular weight is 214 g/mol.